The van der Waals surface area contributed by atoms with E-state index >= 15 is 0 Å². The number of ether oxygens (including phenoxy) is 1. The molecule has 6 nitrogen and oxygen atoms in total. The van der Waals surface area contributed by atoms with Gasteiger partial charge in [0.05, 0.1) is 11.3 Å². The molecule has 2 rings (SSSR count). The highest BCUT2D eigenvalue weighted by Crippen LogP contribution is 2.40. The molecule has 0 aromatic heterocycles. The largest absolute Gasteiger partial charge is 0.443 e. The molecule has 0 N–H and O–H groups in total. The Morgan fingerprint density at radius 2 is 1.65 bits per heavy atom. The Morgan fingerprint density at radius 3 is 2.08 bits per heavy atom. The van der Waals surface area contributed by atoms with Gasteiger partial charge in [0.15, 0.2) is 0 Å². The number of carbonyl (C=O) groups is 2. The maximum atomic E-state index is 12.8. The molecule has 0 aromatic carbocycles. The highest BCUT2D eigenvalue weighted by molar-refractivity contribution is 7.90. The fourth-order valence-electron chi connectivity index (χ4n) is 3.41. The summed E-state index contributed by atoms with van der Waals surface area (Å²) in [6.45, 7) is 12.9. The summed E-state index contributed by atoms with van der Waals surface area (Å²) in [7, 11) is -3.71. The van der Waals surface area contributed by atoms with Gasteiger partial charge >= 0.3 is 6.09 Å². The maximum Gasteiger partial charge on any atom is 0.424 e. The summed E-state index contributed by atoms with van der Waals surface area (Å²) in [4.78, 5) is 24.7. The predicted molar refractivity (Wildman–Crippen MR) is 102 cm³/mol. The summed E-state index contributed by atoms with van der Waals surface area (Å²) in [5, 5.41) is -0.485. The van der Waals surface area contributed by atoms with Crippen molar-refractivity contribution in [2.45, 2.75) is 97.5 Å². The Balaban J connectivity index is 0.00000163. The van der Waals surface area contributed by atoms with Gasteiger partial charge in [-0.25, -0.2) is 17.5 Å². The first-order valence-electron chi connectivity index (χ1n) is 9.76. The SMILES string of the molecule is CC.CCC(=O)[C@H]1C[C@@H](N(C(=O)OC(C)(C)C)S(=O)(=O)C2CC2)C[C@H]1C. The first-order valence-corrected chi connectivity index (χ1v) is 11.3. The Kier molecular flexibility index (Phi) is 7.69. The Morgan fingerprint density at radius 1 is 1.12 bits per heavy atom. The number of hydrogen-bond donors (Lipinski definition) is 0. The number of carbonyl (C=O) groups excluding carboxylic acids is 2. The maximum absolute atomic E-state index is 12.8. The van der Waals surface area contributed by atoms with Gasteiger partial charge < -0.3 is 4.74 Å². The minimum atomic E-state index is -3.71. The molecule has 1 amide bonds. The van der Waals surface area contributed by atoms with Crippen molar-refractivity contribution in [1.29, 1.82) is 0 Å². The van der Waals surface area contributed by atoms with Crippen molar-refractivity contribution in [3.05, 3.63) is 0 Å². The standard InChI is InChI=1S/C17H29NO5S.C2H6/c1-6-15(19)14-10-12(9-11(14)2)18(16(20)23-17(3,4)5)24(21,22)13-7-8-13;1-2/h11-14H,6-10H2,1-5H3;1-2H3/t11-,12+,14+;/m1./s1. The van der Waals surface area contributed by atoms with Crippen LogP contribution in [0.4, 0.5) is 4.79 Å². The zero-order valence-corrected chi connectivity index (χ0v) is 18.1. The Labute approximate surface area is 158 Å². The molecule has 0 bridgehead atoms. The lowest BCUT2D eigenvalue weighted by molar-refractivity contribution is -0.123. The van der Waals surface area contributed by atoms with Crippen LogP contribution < -0.4 is 0 Å². The van der Waals surface area contributed by atoms with Crippen molar-refractivity contribution in [2.24, 2.45) is 11.8 Å². The smallest absolute Gasteiger partial charge is 0.424 e. The molecule has 0 spiro atoms. The van der Waals surface area contributed by atoms with E-state index in [1.54, 1.807) is 20.8 Å². The fraction of sp³-hybridized carbons (Fsp3) is 0.895. The molecule has 0 saturated heterocycles. The molecule has 0 heterocycles. The topological polar surface area (TPSA) is 80.8 Å². The Hall–Kier alpha value is -1.11. The lowest BCUT2D eigenvalue weighted by Crippen LogP contribution is -2.47. The van der Waals surface area contributed by atoms with Crippen LogP contribution in [0.1, 0.15) is 80.6 Å². The highest BCUT2D eigenvalue weighted by Gasteiger charge is 2.50. The summed E-state index contributed by atoms with van der Waals surface area (Å²) >= 11 is 0. The third kappa shape index (κ3) is 5.44. The summed E-state index contributed by atoms with van der Waals surface area (Å²) in [5.74, 6) is 0.0269. The van der Waals surface area contributed by atoms with Crippen LogP contribution in [0.2, 0.25) is 0 Å². The summed E-state index contributed by atoms with van der Waals surface area (Å²) in [6.07, 6.45) is 1.71. The van der Waals surface area contributed by atoms with E-state index in [0.29, 0.717) is 32.1 Å². The molecule has 7 heteroatoms. The van der Waals surface area contributed by atoms with Gasteiger partial charge in [0.2, 0.25) is 10.0 Å². The molecule has 0 aliphatic heterocycles. The monoisotopic (exact) mass is 389 g/mol. The summed E-state index contributed by atoms with van der Waals surface area (Å²) in [5.41, 5.74) is -0.767. The molecule has 2 saturated carbocycles. The van der Waals surface area contributed by atoms with Gasteiger partial charge in [-0.2, -0.15) is 0 Å². The third-order valence-corrected chi connectivity index (χ3v) is 7.05. The first-order chi connectivity index (χ1) is 12.0. The van der Waals surface area contributed by atoms with Crippen molar-refractivity contribution in [2.75, 3.05) is 0 Å². The van der Waals surface area contributed by atoms with Gasteiger partial charge in [-0.15, -0.1) is 0 Å². The molecule has 2 fully saturated rings. The normalized spacial score (nSPS) is 25.9. The van der Waals surface area contributed by atoms with Crippen molar-refractivity contribution in [1.82, 2.24) is 4.31 Å². The zero-order valence-electron chi connectivity index (χ0n) is 17.2. The van der Waals surface area contributed by atoms with Crippen LogP contribution in [-0.2, 0) is 19.6 Å². The molecule has 0 radical (unpaired) electrons. The van der Waals surface area contributed by atoms with E-state index in [1.165, 1.54) is 0 Å². The summed E-state index contributed by atoms with van der Waals surface area (Å²) < 4.78 is 31.9. The van der Waals surface area contributed by atoms with Gasteiger partial charge in [-0.1, -0.05) is 27.7 Å². The van der Waals surface area contributed by atoms with Crippen LogP contribution in [0, 0.1) is 11.8 Å². The van der Waals surface area contributed by atoms with Crippen molar-refractivity contribution in [3.63, 3.8) is 0 Å². The predicted octanol–water partition coefficient (Wildman–Crippen LogP) is 4.14. The minimum Gasteiger partial charge on any atom is -0.443 e. The van der Waals surface area contributed by atoms with Crippen LogP contribution in [-0.4, -0.2) is 41.5 Å². The fourth-order valence-corrected chi connectivity index (χ4v) is 5.30. The number of nitrogens with zero attached hydrogens (tertiary/aromatic N) is 1. The van der Waals surface area contributed by atoms with E-state index in [1.807, 2.05) is 27.7 Å². The van der Waals surface area contributed by atoms with E-state index in [2.05, 4.69) is 0 Å². The molecule has 0 unspecified atom stereocenters. The lowest BCUT2D eigenvalue weighted by atomic mass is 9.92. The zero-order chi connectivity index (χ0) is 20.3. The van der Waals surface area contributed by atoms with Gasteiger partial charge in [0.25, 0.3) is 0 Å². The average Bonchev–Trinajstić information content (AvgIpc) is 3.32. The number of rotatable bonds is 5. The molecular weight excluding hydrogens is 354 g/mol. The van der Waals surface area contributed by atoms with E-state index < -0.39 is 33.0 Å². The van der Waals surface area contributed by atoms with Crippen molar-refractivity contribution >= 4 is 21.9 Å². The number of Topliss-reactive ketones (excluding diaryl/α,β-unsaturated/α-hetero) is 1. The number of amides is 1. The van der Waals surface area contributed by atoms with Crippen LogP contribution >= 0.6 is 0 Å². The second-order valence-corrected chi connectivity index (χ2v) is 10.1. The molecule has 2 aliphatic rings. The minimum absolute atomic E-state index is 0.0711. The van der Waals surface area contributed by atoms with Gasteiger partial charge in [-0.3, -0.25) is 4.79 Å². The highest BCUT2D eigenvalue weighted by atomic mass is 32.2. The van der Waals surface area contributed by atoms with E-state index in [0.717, 1.165) is 4.31 Å². The first kappa shape index (κ1) is 22.9. The van der Waals surface area contributed by atoms with Crippen LogP contribution in [0.5, 0.6) is 0 Å². The van der Waals surface area contributed by atoms with Gasteiger partial charge in [-0.05, 0) is 52.4 Å². The second-order valence-electron chi connectivity index (χ2n) is 8.05. The third-order valence-electron chi connectivity index (χ3n) is 4.74. The lowest BCUT2D eigenvalue weighted by Gasteiger charge is -2.31. The van der Waals surface area contributed by atoms with E-state index in [-0.39, 0.29) is 17.6 Å². The molecule has 26 heavy (non-hydrogen) atoms. The molecule has 152 valence electrons. The molecule has 0 aromatic rings. The molecule has 2 aliphatic carbocycles. The number of hydrogen-bond acceptors (Lipinski definition) is 5. The molecular formula is C19H35NO5S. The van der Waals surface area contributed by atoms with E-state index in [9.17, 15) is 18.0 Å². The quantitative estimate of drug-likeness (QED) is 0.706. The summed E-state index contributed by atoms with van der Waals surface area (Å²) in [6, 6.07) is -0.485. The van der Waals surface area contributed by atoms with Crippen LogP contribution in [0.25, 0.3) is 0 Å². The van der Waals surface area contributed by atoms with Gasteiger partial charge in [0, 0.05) is 12.3 Å². The Bertz CT molecular complexity index is 604. The average molecular weight is 390 g/mol. The molecule has 3 atom stereocenters. The van der Waals surface area contributed by atoms with Crippen LogP contribution in [0.15, 0.2) is 0 Å². The van der Waals surface area contributed by atoms with E-state index in [4.69, 9.17) is 4.74 Å². The van der Waals surface area contributed by atoms with Crippen molar-refractivity contribution < 1.29 is 22.7 Å². The number of ketones is 1. The van der Waals surface area contributed by atoms with Crippen molar-refractivity contribution in [3.8, 4) is 0 Å². The second kappa shape index (κ2) is 8.72. The van der Waals surface area contributed by atoms with Gasteiger partial charge in [0.1, 0.15) is 11.4 Å². The van der Waals surface area contributed by atoms with Crippen LogP contribution in [0.3, 0.4) is 0 Å². The number of sulfonamides is 1.